The molecule has 0 radical (unpaired) electrons. The molecule has 0 aliphatic carbocycles. The van der Waals surface area contributed by atoms with Crippen LogP contribution in [-0.2, 0) is 124 Å². The first-order valence-electron chi connectivity index (χ1n) is 44.7. The summed E-state index contributed by atoms with van der Waals surface area (Å²) in [6, 6.07) is -6.51. The first-order valence-corrected chi connectivity index (χ1v) is 44.7. The molecular formula is C78H127N3O63. The standard InChI is InChI=1S/C78H127N3O63/c1-18(92)79-35-21(95)4-76(72(119)120,142-59(35)39(104)24(98)8-82)139-33(16-90)43(108)60-36(80-19(2)93)22(96)5-78(143-60,74(123)124)144-63-51(116)68(129-34(17-91)57(63)132-65-37(81-20(3)94)58(42(107)32(15-89)126-65)134-66-46(111)44(109)40(105)30(13-87)127-66)135-61-48(113)52(25(99)9-83)130-69(49(61)114)136-62-50(115)70(131-54(27(101)11-85)64(62)137-67-47(112)45(110)41(106)31(14-88)128-67)133-56-29(7-75(125,71(117)118)140-55(56)28(102)12-86)138-77(73(121)122)6-23(97)38(103)53(141-77)26(100)10-84/h21-70,82-91,95-116,125H,4-17H2,1-3H3,(H,79,92)(H,80,93)(H,81,94)(H,117,118)(H,119,120)(H,121,122)(H,123,124)/t21-,22-,23+,24+,25-,26+,27-,28+,29+,30+,31+,32+,33+,34+,35+,36+,37+,38+,39+,40-,41+,42-,43+,44-,45-,46+,47+,48+,49-,50-,51+,52+,53+,54+,55+,56+,57-,58+,59+,60+,61-,62+,63+,64+,65-,66-,67-,68-,69+,70+,75+,76+,77+,78-/m0/s1. The van der Waals surface area contributed by atoms with Crippen LogP contribution in [0.5, 0.6) is 0 Å². The maximum Gasteiger partial charge on any atom is 0.364 e. The Morgan fingerprint density at radius 1 is 0.306 bits per heavy atom. The van der Waals surface area contributed by atoms with Gasteiger partial charge in [-0.25, -0.2) is 19.2 Å². The molecule has 10 fully saturated rings. The maximum absolute atomic E-state index is 14.7. The Hall–Kier alpha value is -5.79. The van der Waals surface area contributed by atoms with Crippen molar-refractivity contribution in [3.63, 3.8) is 0 Å². The van der Waals surface area contributed by atoms with Gasteiger partial charge in [-0.2, -0.15) is 0 Å². The number of carboxylic acid groups (broad SMARTS) is 4. The number of rotatable bonds is 43. The molecule has 0 aromatic rings. The van der Waals surface area contributed by atoms with E-state index in [1.165, 1.54) is 0 Å². The SMILES string of the molecule is CC(=O)N[C@H]1[C@H](O[C@@H]2[C@H](O[C@]3(C(=O)O)C[C@H](O)[C@@H](NC(C)=O)[C@H]([C@H](O)[C@@H](CO)O[C@]4(C(=O)O)C[C@H](O)[C@@H](NC(C)=O)[C@H]([C@H](O)[C@H](O)CO)O4)O3)[C@@H](O)[C@H](O[C@@H]3[C@H](O)[C@@H](O[C@@H]4[C@H](O)[C@@H](O[C@H]5[C@@H]([C@H](O)CO)O[C@@](O)(C(=O)O)C[C@H]5O[C@]5(C(=O)O)C[C@@H](O)[C@@H](O)[C@@H]([C@H](O)CO)O5)O[C@H]([C@@H](O)CO)[C@H]4O[C@@H]4O[C@H](CO)[C@@H](O)[C@H](O)[C@H]4O)O[C@H]([C@@H](O)CO)[C@H]3O)O[C@@H]2CO)O[C@H](CO)[C@H](O)[C@@H]1O[C@@H]1O[C@H](CO)[C@H](O)[C@H](O)[C@H]1O. The van der Waals surface area contributed by atoms with Gasteiger partial charge < -0.3 is 295 Å². The molecule has 0 aromatic carbocycles. The Balaban J connectivity index is 1.11. The summed E-state index contributed by atoms with van der Waals surface area (Å²) in [5, 5.41) is 424. The van der Waals surface area contributed by atoms with E-state index in [-0.39, 0.29) is 0 Å². The van der Waals surface area contributed by atoms with Gasteiger partial charge in [-0.15, -0.1) is 0 Å². The summed E-state index contributed by atoms with van der Waals surface area (Å²) in [6.45, 7) is -12.3. The number of hydrogen-bond donors (Lipinski definition) is 40. The van der Waals surface area contributed by atoms with Crippen molar-refractivity contribution in [2.24, 2.45) is 0 Å². The summed E-state index contributed by atoms with van der Waals surface area (Å²) in [6.07, 6.45) is -128. The largest absolute Gasteiger partial charge is 0.477 e. The number of aliphatic hydroxyl groups excluding tert-OH is 32. The van der Waals surface area contributed by atoms with Gasteiger partial charge in [0.1, 0.15) is 232 Å². The van der Waals surface area contributed by atoms with E-state index in [0.717, 1.165) is 20.8 Å². The number of nitrogens with one attached hydrogen (secondary N) is 3. The molecule has 10 saturated heterocycles. The van der Waals surface area contributed by atoms with Crippen LogP contribution < -0.4 is 16.0 Å². The van der Waals surface area contributed by atoms with E-state index in [1.807, 2.05) is 0 Å². The van der Waals surface area contributed by atoms with Gasteiger partial charge in [-0.1, -0.05) is 0 Å². The number of carbonyl (C=O) groups is 7. The number of ether oxygens (including phenoxy) is 19. The lowest BCUT2D eigenvalue weighted by Crippen LogP contribution is -2.73. The summed E-state index contributed by atoms with van der Waals surface area (Å²) >= 11 is 0. The molecule has 10 heterocycles. The Morgan fingerprint density at radius 3 is 1.17 bits per heavy atom. The van der Waals surface area contributed by atoms with Crippen molar-refractivity contribution >= 4 is 41.6 Å². The molecule has 10 aliphatic heterocycles. The summed E-state index contributed by atoms with van der Waals surface area (Å²) in [4.78, 5) is 93.9. The summed E-state index contributed by atoms with van der Waals surface area (Å²) in [5.41, 5.74) is 0. The van der Waals surface area contributed by atoms with E-state index >= 15 is 0 Å². The second kappa shape index (κ2) is 50.2. The lowest BCUT2D eigenvalue weighted by molar-refractivity contribution is -0.420. The minimum absolute atomic E-state index is 0.741. The first kappa shape index (κ1) is 120. The lowest BCUT2D eigenvalue weighted by Gasteiger charge is -2.53. The number of aliphatic hydroxyl groups is 33. The van der Waals surface area contributed by atoms with Crippen LogP contribution in [0.2, 0.25) is 0 Å². The summed E-state index contributed by atoms with van der Waals surface area (Å²) in [7, 11) is 0. The zero-order chi connectivity index (χ0) is 107. The Labute approximate surface area is 809 Å². The van der Waals surface area contributed by atoms with Crippen LogP contribution >= 0.6 is 0 Å². The molecule has 54 atom stereocenters. The van der Waals surface area contributed by atoms with Crippen molar-refractivity contribution in [1.82, 2.24) is 16.0 Å². The predicted octanol–water partition coefficient (Wildman–Crippen LogP) is -25.5. The van der Waals surface area contributed by atoms with Gasteiger partial charge in [0.25, 0.3) is 23.1 Å². The van der Waals surface area contributed by atoms with E-state index in [1.54, 1.807) is 0 Å². The van der Waals surface area contributed by atoms with Gasteiger partial charge >= 0.3 is 23.9 Å². The van der Waals surface area contributed by atoms with Crippen LogP contribution in [0.15, 0.2) is 0 Å². The van der Waals surface area contributed by atoms with Gasteiger partial charge in [-0.05, 0) is 0 Å². The normalized spacial score (nSPS) is 45.7. The molecule has 0 aromatic heterocycles. The second-order valence-corrected chi connectivity index (χ2v) is 35.9. The zero-order valence-electron chi connectivity index (χ0n) is 75.9. The Morgan fingerprint density at radius 2 is 0.681 bits per heavy atom. The highest BCUT2D eigenvalue weighted by Gasteiger charge is 2.68. The minimum atomic E-state index is -4.00. The Kier molecular flexibility index (Phi) is 41.9. The van der Waals surface area contributed by atoms with Crippen molar-refractivity contribution in [2.45, 2.75) is 376 Å². The van der Waals surface area contributed by atoms with Crippen LogP contribution in [0.1, 0.15) is 46.5 Å². The number of amides is 3. The average Bonchev–Trinajstić information content (AvgIpc) is 0.742. The molecule has 40 N–H and O–H groups in total. The molecule has 10 aliphatic rings. The summed E-state index contributed by atoms with van der Waals surface area (Å²) < 4.78 is 112. The molecule has 0 unspecified atom stereocenters. The van der Waals surface area contributed by atoms with Gasteiger partial charge in [0, 0.05) is 46.5 Å². The van der Waals surface area contributed by atoms with Crippen molar-refractivity contribution in [3.8, 4) is 0 Å². The third kappa shape index (κ3) is 25.4. The van der Waals surface area contributed by atoms with Crippen molar-refractivity contribution in [1.29, 1.82) is 0 Å². The van der Waals surface area contributed by atoms with E-state index in [9.17, 15) is 223 Å². The number of carbonyl (C=O) groups excluding carboxylic acids is 3. The van der Waals surface area contributed by atoms with Crippen LogP contribution in [-0.4, -0.2) is 626 Å². The average molecular weight is 2110 g/mol. The predicted molar refractivity (Wildman–Crippen MR) is 433 cm³/mol. The van der Waals surface area contributed by atoms with Crippen molar-refractivity contribution in [3.05, 3.63) is 0 Å². The third-order valence-corrected chi connectivity index (χ3v) is 25.9. The lowest BCUT2D eigenvalue weighted by atomic mass is 9.87. The number of carboxylic acids is 4. The Bertz CT molecular complexity index is 4150. The van der Waals surface area contributed by atoms with E-state index in [4.69, 9.17) is 90.0 Å². The first-order chi connectivity index (χ1) is 67.6. The third-order valence-electron chi connectivity index (χ3n) is 25.9. The van der Waals surface area contributed by atoms with Gasteiger partial charge in [-0.3, -0.25) is 14.4 Å². The van der Waals surface area contributed by atoms with Crippen molar-refractivity contribution in [2.75, 3.05) is 66.1 Å². The molecule has 0 bridgehead atoms. The molecule has 10 rings (SSSR count). The molecular weight excluding hydrogens is 1990 g/mol. The highest BCUT2D eigenvalue weighted by molar-refractivity contribution is 5.79. The fraction of sp³-hybridized carbons (Fsp3) is 0.910. The number of hydrogen-bond acceptors (Lipinski definition) is 59. The quantitative estimate of drug-likeness (QED) is 0.0270. The fourth-order valence-electron chi connectivity index (χ4n) is 18.4. The molecule has 66 nitrogen and oxygen atoms in total. The molecule has 0 spiro atoms. The van der Waals surface area contributed by atoms with Crippen LogP contribution in [0.3, 0.4) is 0 Å². The smallest absolute Gasteiger partial charge is 0.364 e. The monoisotopic (exact) mass is 2110 g/mol. The van der Waals surface area contributed by atoms with Crippen LogP contribution in [0, 0.1) is 0 Å². The van der Waals surface area contributed by atoms with Crippen molar-refractivity contribution < 1.29 is 313 Å². The highest BCUT2D eigenvalue weighted by atomic mass is 16.8. The molecule has 66 heteroatoms. The van der Waals surface area contributed by atoms with Crippen LogP contribution in [0.25, 0.3) is 0 Å². The van der Waals surface area contributed by atoms with E-state index in [2.05, 4.69) is 16.0 Å². The number of aliphatic carboxylic acids is 4. The fourth-order valence-corrected chi connectivity index (χ4v) is 18.4. The molecule has 0 saturated carbocycles. The molecule has 3 amide bonds. The van der Waals surface area contributed by atoms with Gasteiger partial charge in [0.2, 0.25) is 17.7 Å². The van der Waals surface area contributed by atoms with Crippen LogP contribution in [0.4, 0.5) is 0 Å². The molecule has 144 heavy (non-hydrogen) atoms. The van der Waals surface area contributed by atoms with E-state index in [0.29, 0.717) is 0 Å². The second-order valence-electron chi connectivity index (χ2n) is 35.9. The van der Waals surface area contributed by atoms with E-state index < -0.39 is 463 Å². The maximum atomic E-state index is 14.7. The van der Waals surface area contributed by atoms with Gasteiger partial charge in [0.05, 0.1) is 103 Å². The summed E-state index contributed by atoms with van der Waals surface area (Å²) in [5.74, 6) is -28.0. The minimum Gasteiger partial charge on any atom is -0.477 e. The zero-order valence-corrected chi connectivity index (χ0v) is 75.9. The highest BCUT2D eigenvalue weighted by Crippen LogP contribution is 2.47. The van der Waals surface area contributed by atoms with Gasteiger partial charge in [0.15, 0.2) is 37.7 Å². The molecule has 832 valence electrons. The topological polar surface area (TPSA) is 1080 Å².